The number of ether oxygens (including phenoxy) is 1. The summed E-state index contributed by atoms with van der Waals surface area (Å²) in [5.74, 6) is 0.00745. The van der Waals surface area contributed by atoms with Crippen LogP contribution in [-0.2, 0) is 10.0 Å². The van der Waals surface area contributed by atoms with Crippen LogP contribution >= 0.6 is 0 Å². The SMILES string of the molecule is COc1ccc([N+](=O)[O-])cc1S(=O)(=O)N(C)CC(C)O. The molecule has 0 aliphatic carbocycles. The van der Waals surface area contributed by atoms with E-state index in [0.717, 1.165) is 16.4 Å². The zero-order chi connectivity index (χ0) is 15.5. The minimum absolute atomic E-state index is 0.00745. The Labute approximate surface area is 116 Å². The highest BCUT2D eigenvalue weighted by Gasteiger charge is 2.27. The number of hydrogen-bond acceptors (Lipinski definition) is 6. The smallest absolute Gasteiger partial charge is 0.271 e. The quantitative estimate of drug-likeness (QED) is 0.609. The standard InChI is InChI=1S/C11H16N2O6S/c1-8(14)7-12(2)20(17,18)11-6-9(13(15)16)4-5-10(11)19-3/h4-6,8,14H,7H2,1-3H3. The van der Waals surface area contributed by atoms with E-state index in [1.54, 1.807) is 0 Å². The first-order valence-corrected chi connectivity index (χ1v) is 7.11. The van der Waals surface area contributed by atoms with Gasteiger partial charge in [0, 0.05) is 25.7 Å². The van der Waals surface area contributed by atoms with E-state index in [-0.39, 0.29) is 22.9 Å². The second kappa shape index (κ2) is 6.16. The van der Waals surface area contributed by atoms with Crippen molar-refractivity contribution in [2.75, 3.05) is 20.7 Å². The monoisotopic (exact) mass is 304 g/mol. The Morgan fingerprint density at radius 3 is 2.55 bits per heavy atom. The van der Waals surface area contributed by atoms with Gasteiger partial charge in [0.1, 0.15) is 10.6 Å². The van der Waals surface area contributed by atoms with Crippen molar-refractivity contribution in [1.29, 1.82) is 0 Å². The van der Waals surface area contributed by atoms with E-state index in [4.69, 9.17) is 4.74 Å². The fourth-order valence-electron chi connectivity index (χ4n) is 1.62. The van der Waals surface area contributed by atoms with E-state index < -0.39 is 21.1 Å². The van der Waals surface area contributed by atoms with E-state index in [9.17, 15) is 23.6 Å². The van der Waals surface area contributed by atoms with Gasteiger partial charge in [-0.15, -0.1) is 0 Å². The van der Waals surface area contributed by atoms with Gasteiger partial charge in [-0.25, -0.2) is 8.42 Å². The normalized spacial score (nSPS) is 13.2. The molecule has 1 unspecified atom stereocenters. The first kappa shape index (κ1) is 16.3. The number of methoxy groups -OCH3 is 1. The number of nitro groups is 1. The summed E-state index contributed by atoms with van der Waals surface area (Å²) in [5.41, 5.74) is -0.352. The van der Waals surface area contributed by atoms with Crippen molar-refractivity contribution in [3.63, 3.8) is 0 Å². The maximum Gasteiger partial charge on any atom is 0.271 e. The van der Waals surface area contributed by atoms with E-state index in [1.165, 1.54) is 27.1 Å². The van der Waals surface area contributed by atoms with Crippen molar-refractivity contribution in [2.45, 2.75) is 17.9 Å². The maximum absolute atomic E-state index is 12.3. The molecule has 0 aliphatic heterocycles. The zero-order valence-corrected chi connectivity index (χ0v) is 12.1. The van der Waals surface area contributed by atoms with Gasteiger partial charge in [-0.1, -0.05) is 0 Å². The highest BCUT2D eigenvalue weighted by Crippen LogP contribution is 2.30. The lowest BCUT2D eigenvalue weighted by atomic mass is 10.3. The molecular weight excluding hydrogens is 288 g/mol. The summed E-state index contributed by atoms with van der Waals surface area (Å²) in [6.45, 7) is 1.31. The van der Waals surface area contributed by atoms with E-state index in [2.05, 4.69) is 0 Å². The first-order chi connectivity index (χ1) is 9.20. The Hall–Kier alpha value is -1.71. The maximum atomic E-state index is 12.3. The molecule has 1 aromatic rings. The van der Waals surface area contributed by atoms with Gasteiger partial charge in [-0.3, -0.25) is 10.1 Å². The highest BCUT2D eigenvalue weighted by molar-refractivity contribution is 7.89. The molecule has 0 saturated carbocycles. The highest BCUT2D eigenvalue weighted by atomic mass is 32.2. The average molecular weight is 304 g/mol. The van der Waals surface area contributed by atoms with Gasteiger partial charge in [0.05, 0.1) is 18.1 Å². The molecule has 0 saturated heterocycles. The van der Waals surface area contributed by atoms with E-state index in [1.807, 2.05) is 0 Å². The molecule has 0 heterocycles. The molecule has 112 valence electrons. The van der Waals surface area contributed by atoms with Gasteiger partial charge >= 0.3 is 0 Å². The van der Waals surface area contributed by atoms with Gasteiger partial charge in [-0.2, -0.15) is 4.31 Å². The Kier molecular flexibility index (Phi) is 5.03. The van der Waals surface area contributed by atoms with Crippen LogP contribution in [0.2, 0.25) is 0 Å². The molecule has 0 aromatic heterocycles. The van der Waals surface area contributed by atoms with Crippen molar-refractivity contribution in [1.82, 2.24) is 4.31 Å². The number of aliphatic hydroxyl groups is 1. The summed E-state index contributed by atoms with van der Waals surface area (Å²) in [4.78, 5) is 9.75. The van der Waals surface area contributed by atoms with Crippen LogP contribution in [0.25, 0.3) is 0 Å². The van der Waals surface area contributed by atoms with Crippen LogP contribution in [0.15, 0.2) is 23.1 Å². The summed E-state index contributed by atoms with van der Waals surface area (Å²) in [7, 11) is -1.44. The lowest BCUT2D eigenvalue weighted by molar-refractivity contribution is -0.385. The number of likely N-dealkylation sites (N-methyl/N-ethyl adjacent to an activating group) is 1. The van der Waals surface area contributed by atoms with Crippen LogP contribution in [0.1, 0.15) is 6.92 Å². The molecule has 8 nitrogen and oxygen atoms in total. The van der Waals surface area contributed by atoms with Crippen molar-refractivity contribution >= 4 is 15.7 Å². The number of hydrogen-bond donors (Lipinski definition) is 1. The number of sulfonamides is 1. The Morgan fingerprint density at radius 2 is 2.10 bits per heavy atom. The van der Waals surface area contributed by atoms with Gasteiger partial charge in [-0.05, 0) is 13.0 Å². The third-order valence-corrected chi connectivity index (χ3v) is 4.41. The number of nitrogens with zero attached hydrogens (tertiary/aromatic N) is 2. The molecule has 9 heteroatoms. The fourth-order valence-corrected chi connectivity index (χ4v) is 3.04. The van der Waals surface area contributed by atoms with Crippen molar-refractivity contribution in [2.24, 2.45) is 0 Å². The van der Waals surface area contributed by atoms with Crippen molar-refractivity contribution in [3.8, 4) is 5.75 Å². The van der Waals surface area contributed by atoms with Crippen LogP contribution in [0.4, 0.5) is 5.69 Å². The van der Waals surface area contributed by atoms with E-state index in [0.29, 0.717) is 0 Å². The average Bonchev–Trinajstić information content (AvgIpc) is 2.36. The minimum atomic E-state index is -3.99. The van der Waals surface area contributed by atoms with Crippen LogP contribution < -0.4 is 4.74 Å². The topological polar surface area (TPSA) is 110 Å². The van der Waals surface area contributed by atoms with Gasteiger partial charge in [0.2, 0.25) is 10.0 Å². The minimum Gasteiger partial charge on any atom is -0.495 e. The fraction of sp³-hybridized carbons (Fsp3) is 0.455. The Balaban J connectivity index is 3.35. The predicted molar refractivity (Wildman–Crippen MR) is 71.1 cm³/mol. The molecule has 0 aliphatic rings. The first-order valence-electron chi connectivity index (χ1n) is 5.67. The number of rotatable bonds is 6. The van der Waals surface area contributed by atoms with Crippen LogP contribution in [0.3, 0.4) is 0 Å². The molecule has 1 aromatic carbocycles. The number of benzene rings is 1. The van der Waals surface area contributed by atoms with Crippen molar-refractivity contribution in [3.05, 3.63) is 28.3 Å². The molecule has 1 N–H and O–H groups in total. The molecule has 0 bridgehead atoms. The molecule has 0 amide bonds. The molecule has 1 rings (SSSR count). The molecule has 0 radical (unpaired) electrons. The number of non-ortho nitro benzene ring substituents is 1. The number of nitro benzene ring substituents is 1. The summed E-state index contributed by atoms with van der Waals surface area (Å²) in [6.07, 6.45) is -0.862. The molecule has 0 fully saturated rings. The summed E-state index contributed by atoms with van der Waals surface area (Å²) >= 11 is 0. The van der Waals surface area contributed by atoms with Gasteiger partial charge < -0.3 is 9.84 Å². The molecule has 20 heavy (non-hydrogen) atoms. The summed E-state index contributed by atoms with van der Waals surface area (Å²) in [6, 6.07) is 3.32. The predicted octanol–water partition coefficient (Wildman–Crippen LogP) is 0.605. The Morgan fingerprint density at radius 1 is 1.50 bits per heavy atom. The van der Waals surface area contributed by atoms with Crippen LogP contribution in [0.5, 0.6) is 5.75 Å². The third kappa shape index (κ3) is 3.44. The second-order valence-corrected chi connectivity index (χ2v) is 6.24. The third-order valence-electron chi connectivity index (χ3n) is 2.57. The second-order valence-electron chi connectivity index (χ2n) is 4.23. The van der Waals surface area contributed by atoms with E-state index >= 15 is 0 Å². The molecule has 0 spiro atoms. The van der Waals surface area contributed by atoms with Gasteiger partial charge in [0.15, 0.2) is 0 Å². The lowest BCUT2D eigenvalue weighted by Gasteiger charge is -2.19. The van der Waals surface area contributed by atoms with Gasteiger partial charge in [0.25, 0.3) is 5.69 Å². The number of aliphatic hydroxyl groups excluding tert-OH is 1. The summed E-state index contributed by atoms with van der Waals surface area (Å²) in [5, 5.41) is 20.0. The van der Waals surface area contributed by atoms with Crippen LogP contribution in [0, 0.1) is 10.1 Å². The Bertz CT molecular complexity index is 599. The van der Waals surface area contributed by atoms with Crippen molar-refractivity contribution < 1.29 is 23.2 Å². The summed E-state index contributed by atoms with van der Waals surface area (Å²) < 4.78 is 30.5. The van der Waals surface area contributed by atoms with Crippen LogP contribution in [-0.4, -0.2) is 49.6 Å². The molecular formula is C11H16N2O6S. The zero-order valence-electron chi connectivity index (χ0n) is 11.3. The largest absolute Gasteiger partial charge is 0.495 e. The molecule has 1 atom stereocenters. The lowest BCUT2D eigenvalue weighted by Crippen LogP contribution is -2.33.